The fourth-order valence-electron chi connectivity index (χ4n) is 1.97. The summed E-state index contributed by atoms with van der Waals surface area (Å²) in [6, 6.07) is 8.18. The molecule has 1 aliphatic rings. The summed E-state index contributed by atoms with van der Waals surface area (Å²) in [5, 5.41) is 7.07. The van der Waals surface area contributed by atoms with Crippen molar-refractivity contribution in [3.8, 4) is 0 Å². The van der Waals surface area contributed by atoms with E-state index in [1.54, 1.807) is 11.3 Å². The van der Waals surface area contributed by atoms with E-state index in [1.807, 2.05) is 36.7 Å². The highest BCUT2D eigenvalue weighted by Crippen LogP contribution is 2.29. The number of anilines is 1. The summed E-state index contributed by atoms with van der Waals surface area (Å²) >= 11 is 1.55. The van der Waals surface area contributed by atoms with E-state index in [2.05, 4.69) is 21.6 Å². The van der Waals surface area contributed by atoms with Crippen molar-refractivity contribution in [3.05, 3.63) is 46.5 Å². The summed E-state index contributed by atoms with van der Waals surface area (Å²) in [6.45, 7) is 3.50. The van der Waals surface area contributed by atoms with Crippen LogP contribution in [0.4, 0.5) is 5.13 Å². The molecule has 0 atom stereocenters. The molecular formula is C16H19N3OS. The molecule has 1 saturated carbocycles. The van der Waals surface area contributed by atoms with Crippen LogP contribution in [-0.2, 0) is 11.3 Å². The van der Waals surface area contributed by atoms with Gasteiger partial charge in [0.15, 0.2) is 0 Å². The second-order valence-electron chi connectivity index (χ2n) is 5.32. The average molecular weight is 301 g/mol. The van der Waals surface area contributed by atoms with Crippen LogP contribution in [0.1, 0.15) is 29.7 Å². The van der Waals surface area contributed by atoms with Crippen molar-refractivity contribution in [1.82, 2.24) is 4.98 Å². The van der Waals surface area contributed by atoms with Crippen LogP contribution >= 0.6 is 11.3 Å². The van der Waals surface area contributed by atoms with Gasteiger partial charge in [-0.05, 0) is 31.2 Å². The fraction of sp³-hybridized carbons (Fsp3) is 0.375. The van der Waals surface area contributed by atoms with E-state index in [4.69, 9.17) is 4.74 Å². The molecule has 110 valence electrons. The largest absolute Gasteiger partial charge is 0.376 e. The molecule has 1 aromatic heterocycles. The molecule has 0 radical (unpaired) electrons. The number of aryl methyl sites for hydroxylation is 1. The number of hydrogen-bond acceptors (Lipinski definition) is 5. The minimum atomic E-state index is 0.648. The van der Waals surface area contributed by atoms with Crippen LogP contribution in [0.15, 0.2) is 34.7 Å². The van der Waals surface area contributed by atoms with Crippen LogP contribution in [0.3, 0.4) is 0 Å². The average Bonchev–Trinajstić information content (AvgIpc) is 3.22. The molecule has 0 unspecified atom stereocenters. The first-order valence-electron chi connectivity index (χ1n) is 7.18. The molecule has 1 aliphatic carbocycles. The molecule has 0 aliphatic heterocycles. The Kier molecular flexibility index (Phi) is 4.62. The van der Waals surface area contributed by atoms with E-state index in [0.29, 0.717) is 6.61 Å². The van der Waals surface area contributed by atoms with E-state index in [9.17, 15) is 0 Å². The van der Waals surface area contributed by atoms with Gasteiger partial charge in [0.2, 0.25) is 5.13 Å². The van der Waals surface area contributed by atoms with E-state index in [0.717, 1.165) is 28.9 Å². The Bertz CT molecular complexity index is 619. The molecule has 0 saturated heterocycles. The molecule has 21 heavy (non-hydrogen) atoms. The van der Waals surface area contributed by atoms with Crippen molar-refractivity contribution in [3.63, 3.8) is 0 Å². The molecular weight excluding hydrogens is 282 g/mol. The molecule has 1 aromatic carbocycles. The molecule has 2 aromatic rings. The molecule has 0 amide bonds. The highest BCUT2D eigenvalue weighted by Gasteiger charge is 2.21. The van der Waals surface area contributed by atoms with Gasteiger partial charge in [-0.15, -0.1) is 11.3 Å². The Hall–Kier alpha value is -1.72. The number of benzene rings is 1. The van der Waals surface area contributed by atoms with Gasteiger partial charge in [-0.25, -0.2) is 4.98 Å². The molecule has 5 heteroatoms. The van der Waals surface area contributed by atoms with Gasteiger partial charge >= 0.3 is 0 Å². The van der Waals surface area contributed by atoms with Gasteiger partial charge in [0, 0.05) is 17.6 Å². The molecule has 4 nitrogen and oxygen atoms in total. The number of aromatic nitrogens is 1. The van der Waals surface area contributed by atoms with Gasteiger partial charge < -0.3 is 4.74 Å². The number of rotatable bonds is 7. The number of thiazole rings is 1. The first-order chi connectivity index (χ1) is 10.3. The van der Waals surface area contributed by atoms with Crippen LogP contribution in [0.2, 0.25) is 0 Å². The van der Waals surface area contributed by atoms with E-state index < -0.39 is 0 Å². The minimum Gasteiger partial charge on any atom is -0.376 e. The van der Waals surface area contributed by atoms with Gasteiger partial charge in [0.25, 0.3) is 0 Å². The second kappa shape index (κ2) is 6.83. The summed E-state index contributed by atoms with van der Waals surface area (Å²) < 4.78 is 5.76. The highest BCUT2D eigenvalue weighted by atomic mass is 32.1. The lowest BCUT2D eigenvalue weighted by Gasteiger charge is -2.06. The summed E-state index contributed by atoms with van der Waals surface area (Å²) in [6.07, 6.45) is 4.47. The van der Waals surface area contributed by atoms with Crippen molar-refractivity contribution < 1.29 is 4.74 Å². The lowest BCUT2D eigenvalue weighted by Crippen LogP contribution is -2.00. The Morgan fingerprint density at radius 1 is 1.43 bits per heavy atom. The van der Waals surface area contributed by atoms with Gasteiger partial charge in [-0.3, -0.25) is 5.43 Å². The zero-order valence-electron chi connectivity index (χ0n) is 12.1. The minimum absolute atomic E-state index is 0.648. The first kappa shape index (κ1) is 14.2. The van der Waals surface area contributed by atoms with Crippen LogP contribution in [0.5, 0.6) is 0 Å². The van der Waals surface area contributed by atoms with Crippen molar-refractivity contribution in [2.24, 2.45) is 11.0 Å². The number of nitrogens with zero attached hydrogens (tertiary/aromatic N) is 2. The molecule has 0 bridgehead atoms. The summed E-state index contributed by atoms with van der Waals surface area (Å²) in [5.74, 6) is 0.792. The number of hydrogen-bond donors (Lipinski definition) is 1. The maximum absolute atomic E-state index is 5.76. The Morgan fingerprint density at radius 2 is 2.29 bits per heavy atom. The highest BCUT2D eigenvalue weighted by molar-refractivity contribution is 7.13. The topological polar surface area (TPSA) is 46.5 Å². The monoisotopic (exact) mass is 301 g/mol. The maximum atomic E-state index is 5.76. The number of nitrogens with one attached hydrogen (secondary N) is 1. The van der Waals surface area contributed by atoms with Crippen molar-refractivity contribution in [2.75, 3.05) is 12.0 Å². The maximum Gasteiger partial charge on any atom is 0.203 e. The van der Waals surface area contributed by atoms with Gasteiger partial charge in [0.05, 0.1) is 18.5 Å². The SMILES string of the molecule is Cc1csc(NN=Cc2ccccc2COCC2CC2)n1. The predicted molar refractivity (Wildman–Crippen MR) is 86.9 cm³/mol. The van der Waals surface area contributed by atoms with Crippen LogP contribution in [0, 0.1) is 12.8 Å². The Labute approximate surface area is 128 Å². The quantitative estimate of drug-likeness (QED) is 0.624. The lowest BCUT2D eigenvalue weighted by molar-refractivity contribution is 0.111. The van der Waals surface area contributed by atoms with Gasteiger partial charge in [0.1, 0.15) is 0 Å². The Morgan fingerprint density at radius 3 is 3.05 bits per heavy atom. The number of hydrazone groups is 1. The normalized spacial score (nSPS) is 14.7. The van der Waals surface area contributed by atoms with E-state index in [1.165, 1.54) is 18.4 Å². The van der Waals surface area contributed by atoms with Crippen molar-refractivity contribution in [2.45, 2.75) is 26.4 Å². The van der Waals surface area contributed by atoms with Crippen LogP contribution in [-0.4, -0.2) is 17.8 Å². The molecule has 1 heterocycles. The molecule has 1 fully saturated rings. The van der Waals surface area contributed by atoms with Crippen LogP contribution < -0.4 is 5.43 Å². The van der Waals surface area contributed by atoms with Crippen LogP contribution in [0.25, 0.3) is 0 Å². The second-order valence-corrected chi connectivity index (χ2v) is 6.18. The zero-order valence-corrected chi connectivity index (χ0v) is 12.9. The van der Waals surface area contributed by atoms with Gasteiger partial charge in [-0.2, -0.15) is 5.10 Å². The molecule has 1 N–H and O–H groups in total. The standard InChI is InChI=1S/C16H19N3OS/c1-12-11-21-16(18-12)19-17-8-14-4-2-3-5-15(14)10-20-9-13-6-7-13/h2-5,8,11,13H,6-7,9-10H2,1H3,(H,18,19). The Balaban J connectivity index is 1.57. The third-order valence-electron chi connectivity index (χ3n) is 3.35. The van der Waals surface area contributed by atoms with Gasteiger partial charge in [-0.1, -0.05) is 24.3 Å². The third kappa shape index (κ3) is 4.37. The molecule has 3 rings (SSSR count). The summed E-state index contributed by atoms with van der Waals surface area (Å²) in [4.78, 5) is 4.31. The molecule has 0 spiro atoms. The summed E-state index contributed by atoms with van der Waals surface area (Å²) in [5.41, 5.74) is 6.21. The summed E-state index contributed by atoms with van der Waals surface area (Å²) in [7, 11) is 0. The van der Waals surface area contributed by atoms with Crippen molar-refractivity contribution >= 4 is 22.7 Å². The number of ether oxygens (including phenoxy) is 1. The van der Waals surface area contributed by atoms with E-state index in [-0.39, 0.29) is 0 Å². The fourth-order valence-corrected chi connectivity index (χ4v) is 2.61. The van der Waals surface area contributed by atoms with Crippen molar-refractivity contribution in [1.29, 1.82) is 0 Å². The van der Waals surface area contributed by atoms with E-state index >= 15 is 0 Å². The predicted octanol–water partition coefficient (Wildman–Crippen LogP) is 3.82. The zero-order chi connectivity index (χ0) is 14.5. The smallest absolute Gasteiger partial charge is 0.203 e. The third-order valence-corrected chi connectivity index (χ3v) is 4.21. The first-order valence-corrected chi connectivity index (χ1v) is 8.06. The lowest BCUT2D eigenvalue weighted by atomic mass is 10.1.